The summed E-state index contributed by atoms with van der Waals surface area (Å²) in [6.07, 6.45) is 7.11. The predicted molar refractivity (Wildman–Crippen MR) is 200 cm³/mol. The second-order valence-electron chi connectivity index (χ2n) is 15.0. The average molecular weight is 709 g/mol. The van der Waals surface area contributed by atoms with Crippen LogP contribution in [0, 0.1) is 5.41 Å². The van der Waals surface area contributed by atoms with Crippen LogP contribution in [0.25, 0.3) is 11.1 Å². The van der Waals surface area contributed by atoms with Crippen LogP contribution in [0.5, 0.6) is 0 Å². The van der Waals surface area contributed by atoms with Crippen LogP contribution in [-0.2, 0) is 47.3 Å². The van der Waals surface area contributed by atoms with Gasteiger partial charge < -0.3 is 28.8 Å². The minimum atomic E-state index is -0.446. The fourth-order valence-corrected chi connectivity index (χ4v) is 7.97. The number of nitrogens with one attached hydrogen (secondary N) is 1. The number of nitrogens with zero attached hydrogens (tertiary/aromatic N) is 7. The first-order valence-electron chi connectivity index (χ1n) is 18.0. The number of amides is 1. The van der Waals surface area contributed by atoms with Gasteiger partial charge in [0.05, 0.1) is 18.5 Å². The van der Waals surface area contributed by atoms with E-state index in [1.165, 1.54) is 22.7 Å². The summed E-state index contributed by atoms with van der Waals surface area (Å²) in [5, 5.41) is 3.23. The number of rotatable bonds is 10. The maximum atomic E-state index is 14.1. The molecule has 0 saturated carbocycles. The van der Waals surface area contributed by atoms with E-state index >= 15 is 0 Å². The topological polar surface area (TPSA) is 127 Å². The molecular weight excluding hydrogens is 660 g/mol. The Kier molecular flexibility index (Phi) is 9.66. The maximum Gasteiger partial charge on any atom is 0.302 e. The number of hydrogen-bond acceptors (Lipinski definition) is 10. The number of ether oxygens (including phenoxy) is 2. The van der Waals surface area contributed by atoms with Gasteiger partial charge in [0.2, 0.25) is 0 Å². The van der Waals surface area contributed by atoms with Crippen LogP contribution < -0.4 is 20.7 Å². The summed E-state index contributed by atoms with van der Waals surface area (Å²) in [5.41, 5.74) is 6.43. The second-order valence-corrected chi connectivity index (χ2v) is 15.0. The van der Waals surface area contributed by atoms with Gasteiger partial charge in [-0.15, -0.1) is 0 Å². The third kappa shape index (κ3) is 6.94. The lowest BCUT2D eigenvalue weighted by Gasteiger charge is -2.41. The van der Waals surface area contributed by atoms with E-state index in [2.05, 4.69) is 50.4 Å². The number of aromatic nitrogens is 4. The largest absolute Gasteiger partial charge is 0.461 e. The van der Waals surface area contributed by atoms with Gasteiger partial charge in [-0.3, -0.25) is 24.2 Å². The first kappa shape index (κ1) is 35.4. The van der Waals surface area contributed by atoms with E-state index in [4.69, 9.17) is 9.47 Å². The monoisotopic (exact) mass is 708 g/mol. The van der Waals surface area contributed by atoms with Gasteiger partial charge in [-0.25, -0.2) is 9.97 Å². The second kappa shape index (κ2) is 14.2. The van der Waals surface area contributed by atoms with Crippen LogP contribution in [0.15, 0.2) is 53.7 Å². The first-order chi connectivity index (χ1) is 24.9. The number of hydrogen-bond donors (Lipinski definition) is 1. The van der Waals surface area contributed by atoms with E-state index in [0.29, 0.717) is 58.8 Å². The highest BCUT2D eigenvalue weighted by Crippen LogP contribution is 2.40. The molecule has 3 aliphatic rings. The molecule has 0 radical (unpaired) electrons. The minimum Gasteiger partial charge on any atom is -0.461 e. The summed E-state index contributed by atoms with van der Waals surface area (Å²) in [7, 11) is 3.42. The standard InChI is InChI=1S/C39H48N8O5/c1-25-22-44(15-16-51-6)11-12-45(25)29-7-8-35(41-21-29)42-32-17-28(23-43(5)37(32)49)30-9-10-40-36(31(30)24-52-26(2)48)47-14-13-46-33(38(47)50)18-27-19-39(3,4)20-34(27)46/h7-10,17-18,21,23,25H,11-16,19-20,22,24H2,1-6H3,(H,41,42)/t25-/m0/s1. The van der Waals surface area contributed by atoms with Gasteiger partial charge in [0.25, 0.3) is 11.5 Å². The number of anilines is 4. The van der Waals surface area contributed by atoms with Crippen molar-refractivity contribution in [3.05, 3.63) is 81.8 Å². The molecule has 274 valence electrons. The summed E-state index contributed by atoms with van der Waals surface area (Å²) in [6, 6.07) is 9.86. The predicted octanol–water partition coefficient (Wildman–Crippen LogP) is 4.39. The molecule has 1 aliphatic carbocycles. The molecular formula is C39H48N8O5. The molecule has 1 saturated heterocycles. The normalized spacial score (nSPS) is 18.3. The summed E-state index contributed by atoms with van der Waals surface area (Å²) < 4.78 is 14.5. The highest BCUT2D eigenvalue weighted by atomic mass is 16.5. The summed E-state index contributed by atoms with van der Waals surface area (Å²) in [4.78, 5) is 55.3. The average Bonchev–Trinajstić information content (AvgIpc) is 3.61. The molecule has 1 N–H and O–H groups in total. The molecule has 4 aromatic rings. The number of carbonyl (C=O) groups is 2. The van der Waals surface area contributed by atoms with Crippen molar-refractivity contribution in [2.24, 2.45) is 12.5 Å². The Morgan fingerprint density at radius 3 is 2.62 bits per heavy atom. The van der Waals surface area contributed by atoms with Crippen LogP contribution in [0.4, 0.5) is 23.0 Å². The molecule has 7 rings (SSSR count). The van der Waals surface area contributed by atoms with Gasteiger partial charge in [-0.05, 0) is 66.6 Å². The molecule has 0 spiro atoms. The van der Waals surface area contributed by atoms with Crippen molar-refractivity contribution >= 4 is 34.9 Å². The van der Waals surface area contributed by atoms with Crippen molar-refractivity contribution in [2.75, 3.05) is 61.6 Å². The van der Waals surface area contributed by atoms with Gasteiger partial charge in [0, 0.05) is 95.6 Å². The lowest BCUT2D eigenvalue weighted by atomic mass is 9.90. The van der Waals surface area contributed by atoms with Crippen LogP contribution in [-0.4, -0.2) is 88.4 Å². The van der Waals surface area contributed by atoms with Crippen LogP contribution in [0.3, 0.4) is 0 Å². The number of aryl methyl sites for hydroxylation is 1. The van der Waals surface area contributed by atoms with Gasteiger partial charge in [-0.2, -0.15) is 0 Å². The smallest absolute Gasteiger partial charge is 0.302 e. The van der Waals surface area contributed by atoms with Crippen molar-refractivity contribution in [1.82, 2.24) is 24.0 Å². The molecule has 52 heavy (non-hydrogen) atoms. The molecule has 0 bridgehead atoms. The van der Waals surface area contributed by atoms with Crippen molar-refractivity contribution in [2.45, 2.75) is 59.7 Å². The van der Waals surface area contributed by atoms with Gasteiger partial charge in [0.15, 0.2) is 0 Å². The van der Waals surface area contributed by atoms with Crippen molar-refractivity contribution in [3.8, 4) is 11.1 Å². The van der Waals surface area contributed by atoms with E-state index in [0.717, 1.165) is 51.3 Å². The van der Waals surface area contributed by atoms with E-state index in [1.807, 2.05) is 30.5 Å². The Labute approximate surface area is 304 Å². The van der Waals surface area contributed by atoms with Gasteiger partial charge in [0.1, 0.15) is 29.6 Å². The highest BCUT2D eigenvalue weighted by molar-refractivity contribution is 6.06. The zero-order valence-electron chi connectivity index (χ0n) is 30.9. The quantitative estimate of drug-likeness (QED) is 0.237. The first-order valence-corrected chi connectivity index (χ1v) is 18.0. The number of esters is 1. The molecule has 1 fully saturated rings. The minimum absolute atomic E-state index is 0.0863. The lowest BCUT2D eigenvalue weighted by Crippen LogP contribution is -2.52. The van der Waals surface area contributed by atoms with Crippen LogP contribution >= 0.6 is 0 Å². The Morgan fingerprint density at radius 2 is 1.88 bits per heavy atom. The molecule has 13 nitrogen and oxygen atoms in total. The van der Waals surface area contributed by atoms with Gasteiger partial charge >= 0.3 is 5.97 Å². The highest BCUT2D eigenvalue weighted by Gasteiger charge is 2.37. The molecule has 0 unspecified atom stereocenters. The third-order valence-electron chi connectivity index (χ3n) is 10.5. The lowest BCUT2D eigenvalue weighted by molar-refractivity contribution is -0.142. The zero-order chi connectivity index (χ0) is 36.7. The Bertz CT molecular complexity index is 2050. The Hall–Kier alpha value is -5.01. The molecule has 6 heterocycles. The molecule has 1 amide bonds. The molecule has 0 aromatic carbocycles. The SMILES string of the molecule is COCCN1CCN(c2ccc(Nc3cc(-c4ccnc(N5CCn6c(cc7c6CC(C)(C)C7)C5=O)c4COC(C)=O)cn(C)c3=O)nc2)[C@@H](C)C1. The molecule has 1 atom stereocenters. The molecule has 4 aromatic heterocycles. The van der Waals surface area contributed by atoms with Crippen LogP contribution in [0.2, 0.25) is 0 Å². The molecule has 2 aliphatic heterocycles. The summed E-state index contributed by atoms with van der Waals surface area (Å²) >= 11 is 0. The number of carbonyl (C=O) groups excluding carboxylic acids is 2. The zero-order valence-corrected chi connectivity index (χ0v) is 30.9. The number of piperazine rings is 1. The van der Waals surface area contributed by atoms with Crippen molar-refractivity contribution < 1.29 is 19.1 Å². The van der Waals surface area contributed by atoms with Gasteiger partial charge in [-0.1, -0.05) is 13.8 Å². The van der Waals surface area contributed by atoms with Crippen LogP contribution in [0.1, 0.15) is 55.0 Å². The van der Waals surface area contributed by atoms with E-state index in [9.17, 15) is 14.4 Å². The third-order valence-corrected chi connectivity index (χ3v) is 10.5. The fraction of sp³-hybridized carbons (Fsp3) is 0.462. The maximum absolute atomic E-state index is 14.1. The number of methoxy groups -OCH3 is 1. The Balaban J connectivity index is 1.16. The number of pyridine rings is 3. The fourth-order valence-electron chi connectivity index (χ4n) is 7.97. The summed E-state index contributed by atoms with van der Waals surface area (Å²) in [5.74, 6) is 0.397. The van der Waals surface area contributed by atoms with E-state index in [1.54, 1.807) is 37.5 Å². The number of fused-ring (bicyclic) bond motifs is 3. The molecule has 13 heteroatoms. The summed E-state index contributed by atoms with van der Waals surface area (Å²) in [6.45, 7) is 13.5. The Morgan fingerprint density at radius 1 is 1.06 bits per heavy atom. The van der Waals surface area contributed by atoms with E-state index in [-0.39, 0.29) is 23.5 Å². The van der Waals surface area contributed by atoms with Crippen molar-refractivity contribution in [1.29, 1.82) is 0 Å². The van der Waals surface area contributed by atoms with Crippen molar-refractivity contribution in [3.63, 3.8) is 0 Å². The van der Waals surface area contributed by atoms with E-state index < -0.39 is 5.97 Å².